The molecule has 3 N–H and O–H groups in total. The first kappa shape index (κ1) is 13.6. The lowest BCUT2D eigenvalue weighted by molar-refractivity contribution is 0.475. The van der Waals surface area contributed by atoms with Gasteiger partial charge in [0, 0.05) is 23.5 Å². The molecule has 0 fully saturated rings. The van der Waals surface area contributed by atoms with Crippen molar-refractivity contribution in [1.82, 2.24) is 14.5 Å². The minimum absolute atomic E-state index is 0.209. The van der Waals surface area contributed by atoms with Crippen molar-refractivity contribution in [2.24, 2.45) is 0 Å². The summed E-state index contributed by atoms with van der Waals surface area (Å²) in [6.07, 6.45) is 11.8. The highest BCUT2D eigenvalue weighted by atomic mass is 16.3. The molecule has 1 aromatic carbocycles. The number of hydrogen-bond donors (Lipinski definition) is 2. The van der Waals surface area contributed by atoms with Gasteiger partial charge in [0.15, 0.2) is 5.82 Å². The number of hydrogen-bond acceptors (Lipinski definition) is 4. The third-order valence-corrected chi connectivity index (χ3v) is 4.07. The van der Waals surface area contributed by atoms with Crippen LogP contribution in [0.25, 0.3) is 22.3 Å². The van der Waals surface area contributed by atoms with Gasteiger partial charge in [0.25, 0.3) is 0 Å². The maximum atomic E-state index is 9.77. The number of rotatable bonds is 2. The molecule has 5 nitrogen and oxygen atoms in total. The number of benzene rings is 1. The molecule has 4 rings (SSSR count). The van der Waals surface area contributed by atoms with Gasteiger partial charge in [0.2, 0.25) is 0 Å². The van der Waals surface area contributed by atoms with Crippen LogP contribution in [-0.2, 0) is 0 Å². The van der Waals surface area contributed by atoms with Crippen molar-refractivity contribution in [1.29, 1.82) is 0 Å². The molecule has 0 amide bonds. The monoisotopic (exact) mass is 304 g/mol. The van der Waals surface area contributed by atoms with Crippen LogP contribution in [0.1, 0.15) is 18.4 Å². The Morgan fingerprint density at radius 3 is 2.91 bits per heavy atom. The summed E-state index contributed by atoms with van der Waals surface area (Å²) in [6, 6.07) is 7.07. The number of phenolic OH excluding ortho intramolecular Hbond substituents is 1. The zero-order valence-electron chi connectivity index (χ0n) is 12.5. The Hall–Kier alpha value is -3.08. The quantitative estimate of drug-likeness (QED) is 0.760. The van der Waals surface area contributed by atoms with Gasteiger partial charge in [-0.15, -0.1) is 0 Å². The number of aromatic nitrogens is 3. The van der Waals surface area contributed by atoms with Crippen molar-refractivity contribution in [2.45, 2.75) is 12.8 Å². The average molecular weight is 304 g/mol. The van der Waals surface area contributed by atoms with E-state index in [1.165, 1.54) is 11.9 Å². The Bertz CT molecular complexity index is 953. The van der Waals surface area contributed by atoms with E-state index in [4.69, 9.17) is 5.73 Å². The fraction of sp³-hybridized carbons (Fsp3) is 0.111. The molecule has 0 spiro atoms. The molecular formula is C18H16N4O. The number of allylic oxidation sites excluding steroid dienone is 4. The van der Waals surface area contributed by atoms with E-state index >= 15 is 0 Å². The number of nitrogens with two attached hydrogens (primary N) is 1. The van der Waals surface area contributed by atoms with Crippen LogP contribution in [0.2, 0.25) is 0 Å². The minimum Gasteiger partial charge on any atom is -0.508 e. The van der Waals surface area contributed by atoms with Gasteiger partial charge in [0.05, 0.1) is 0 Å². The van der Waals surface area contributed by atoms with Gasteiger partial charge in [-0.1, -0.05) is 24.3 Å². The molecular weight excluding hydrogens is 288 g/mol. The van der Waals surface area contributed by atoms with Gasteiger partial charge in [-0.2, -0.15) is 0 Å². The van der Waals surface area contributed by atoms with Crippen molar-refractivity contribution < 1.29 is 5.11 Å². The van der Waals surface area contributed by atoms with Crippen molar-refractivity contribution >= 4 is 22.4 Å². The summed E-state index contributed by atoms with van der Waals surface area (Å²) in [5.41, 5.74) is 10.8. The van der Waals surface area contributed by atoms with Crippen LogP contribution in [0, 0.1) is 0 Å². The highest BCUT2D eigenvalue weighted by Gasteiger charge is 2.17. The van der Waals surface area contributed by atoms with Gasteiger partial charge < -0.3 is 15.4 Å². The predicted octanol–water partition coefficient (Wildman–Crippen LogP) is 3.44. The summed E-state index contributed by atoms with van der Waals surface area (Å²) in [5.74, 6) is 0.637. The Morgan fingerprint density at radius 2 is 2.13 bits per heavy atom. The first-order chi connectivity index (χ1) is 11.2. The molecule has 114 valence electrons. The summed E-state index contributed by atoms with van der Waals surface area (Å²) in [4.78, 5) is 8.57. The minimum atomic E-state index is 0.209. The SMILES string of the molecule is Nc1ncnc2c(C3=CC=CCC3)cn(-c3cccc(O)c3)c12. The maximum absolute atomic E-state index is 9.77. The van der Waals surface area contributed by atoms with Gasteiger partial charge in [-0.05, 0) is 30.5 Å². The lowest BCUT2D eigenvalue weighted by Gasteiger charge is -2.07. The first-order valence-corrected chi connectivity index (χ1v) is 7.51. The van der Waals surface area contributed by atoms with E-state index in [-0.39, 0.29) is 5.75 Å². The van der Waals surface area contributed by atoms with E-state index in [1.807, 2.05) is 16.8 Å². The molecule has 1 aliphatic carbocycles. The lowest BCUT2D eigenvalue weighted by Crippen LogP contribution is -1.98. The molecule has 2 heterocycles. The van der Waals surface area contributed by atoms with Gasteiger partial charge in [-0.3, -0.25) is 0 Å². The number of fused-ring (bicyclic) bond motifs is 1. The average Bonchev–Trinajstić information content (AvgIpc) is 2.97. The molecule has 0 radical (unpaired) electrons. The molecule has 0 saturated carbocycles. The van der Waals surface area contributed by atoms with E-state index in [2.05, 4.69) is 28.2 Å². The van der Waals surface area contributed by atoms with Crippen molar-refractivity contribution in [2.75, 3.05) is 5.73 Å². The van der Waals surface area contributed by atoms with Crippen LogP contribution in [0.3, 0.4) is 0 Å². The second-order valence-corrected chi connectivity index (χ2v) is 5.55. The Balaban J connectivity index is 2.01. The molecule has 0 atom stereocenters. The van der Waals surface area contributed by atoms with Crippen LogP contribution in [0.4, 0.5) is 5.82 Å². The summed E-state index contributed by atoms with van der Waals surface area (Å²) < 4.78 is 1.94. The molecule has 0 bridgehead atoms. The Kier molecular flexibility index (Phi) is 3.12. The van der Waals surface area contributed by atoms with Gasteiger partial charge in [-0.25, -0.2) is 9.97 Å². The summed E-state index contributed by atoms with van der Waals surface area (Å²) in [5, 5.41) is 9.77. The summed E-state index contributed by atoms with van der Waals surface area (Å²) >= 11 is 0. The van der Waals surface area contributed by atoms with Crippen molar-refractivity contribution in [3.63, 3.8) is 0 Å². The largest absolute Gasteiger partial charge is 0.508 e. The number of nitrogen functional groups attached to an aromatic ring is 1. The summed E-state index contributed by atoms with van der Waals surface area (Å²) in [6.45, 7) is 0. The van der Waals surface area contributed by atoms with E-state index in [1.54, 1.807) is 18.2 Å². The van der Waals surface area contributed by atoms with Crippen LogP contribution < -0.4 is 5.73 Å². The second kappa shape index (κ2) is 5.28. The lowest BCUT2D eigenvalue weighted by atomic mass is 9.99. The molecule has 0 unspecified atom stereocenters. The Morgan fingerprint density at radius 1 is 1.22 bits per heavy atom. The van der Waals surface area contributed by atoms with Crippen molar-refractivity contribution in [3.05, 3.63) is 60.6 Å². The van der Waals surface area contributed by atoms with Crippen LogP contribution >= 0.6 is 0 Å². The van der Waals surface area contributed by atoms with Gasteiger partial charge in [0.1, 0.15) is 23.1 Å². The van der Waals surface area contributed by atoms with Crippen LogP contribution in [-0.4, -0.2) is 19.6 Å². The molecule has 0 aliphatic heterocycles. The normalized spacial score (nSPS) is 14.2. The molecule has 0 saturated heterocycles. The van der Waals surface area contributed by atoms with E-state index in [0.29, 0.717) is 5.82 Å². The number of nitrogens with zero attached hydrogens (tertiary/aromatic N) is 3. The predicted molar refractivity (Wildman–Crippen MR) is 91.3 cm³/mol. The summed E-state index contributed by atoms with van der Waals surface area (Å²) in [7, 11) is 0. The van der Waals surface area contributed by atoms with Gasteiger partial charge >= 0.3 is 0 Å². The van der Waals surface area contributed by atoms with E-state index < -0.39 is 0 Å². The molecule has 1 aliphatic rings. The molecule has 5 heteroatoms. The molecule has 3 aromatic rings. The zero-order valence-corrected chi connectivity index (χ0v) is 12.5. The fourth-order valence-electron chi connectivity index (χ4n) is 2.99. The highest BCUT2D eigenvalue weighted by Crippen LogP contribution is 2.34. The number of anilines is 1. The standard InChI is InChI=1S/C18H16N4O/c19-18-17-16(20-11-21-18)15(12-5-2-1-3-6-12)10-22(17)13-7-4-8-14(23)9-13/h1-2,4-5,7-11,23H,3,6H2,(H2,19,20,21). The molecule has 23 heavy (non-hydrogen) atoms. The zero-order chi connectivity index (χ0) is 15.8. The second-order valence-electron chi connectivity index (χ2n) is 5.55. The maximum Gasteiger partial charge on any atom is 0.151 e. The van der Waals surface area contributed by atoms with Crippen molar-refractivity contribution in [3.8, 4) is 11.4 Å². The first-order valence-electron chi connectivity index (χ1n) is 7.51. The highest BCUT2D eigenvalue weighted by molar-refractivity contribution is 5.96. The van der Waals surface area contributed by atoms with Crippen LogP contribution in [0.5, 0.6) is 5.75 Å². The fourth-order valence-corrected chi connectivity index (χ4v) is 2.99. The molecule has 2 aromatic heterocycles. The third kappa shape index (κ3) is 2.26. The van der Waals surface area contributed by atoms with Crippen LogP contribution in [0.15, 0.2) is 55.0 Å². The topological polar surface area (TPSA) is 77.0 Å². The number of aromatic hydroxyl groups is 1. The third-order valence-electron chi connectivity index (χ3n) is 4.07. The number of phenols is 1. The Labute approximate surface area is 133 Å². The van der Waals surface area contributed by atoms with E-state index in [9.17, 15) is 5.11 Å². The smallest absolute Gasteiger partial charge is 0.151 e. The van der Waals surface area contributed by atoms with E-state index in [0.717, 1.165) is 35.1 Å².